The Labute approximate surface area is 163 Å². The van der Waals surface area contributed by atoms with E-state index in [1.807, 2.05) is 0 Å². The molecule has 1 fully saturated rings. The van der Waals surface area contributed by atoms with E-state index in [9.17, 15) is 4.79 Å². The highest BCUT2D eigenvalue weighted by Crippen LogP contribution is 2.28. The molecule has 1 heterocycles. The molecule has 146 valence electrons. The van der Waals surface area contributed by atoms with Crippen molar-refractivity contribution in [2.24, 2.45) is 5.92 Å². The van der Waals surface area contributed by atoms with E-state index in [1.54, 1.807) is 0 Å². The number of unbranched alkanes of at least 4 members (excludes halogenated alkanes) is 2. The van der Waals surface area contributed by atoms with Gasteiger partial charge < -0.3 is 9.88 Å². The fourth-order valence-electron chi connectivity index (χ4n) is 4.22. The van der Waals surface area contributed by atoms with E-state index in [4.69, 9.17) is 4.98 Å². The summed E-state index contributed by atoms with van der Waals surface area (Å²) < 4.78 is 2.46. The molecule has 0 spiro atoms. The molecule has 1 aliphatic rings. The molecule has 0 unspecified atom stereocenters. The highest BCUT2D eigenvalue weighted by Gasteiger charge is 2.16. The van der Waals surface area contributed by atoms with Crippen LogP contribution in [0, 0.1) is 5.92 Å². The second kappa shape index (κ2) is 10.3. The van der Waals surface area contributed by atoms with Gasteiger partial charge in [0.15, 0.2) is 0 Å². The standard InChI is InChI=1S/C23H33N3O/c1-2-23(27)24-17-10-4-7-15-22-25-20-13-8-9-14-21(20)26(22)18-16-19-11-5-3-6-12-19/h2,8-9,13-14,19H,1,3-7,10-12,15-18H2,(H,24,27). The van der Waals surface area contributed by atoms with Gasteiger partial charge in [0.2, 0.25) is 5.91 Å². The zero-order valence-corrected chi connectivity index (χ0v) is 16.5. The van der Waals surface area contributed by atoms with Gasteiger partial charge in [0.25, 0.3) is 0 Å². The Morgan fingerprint density at radius 2 is 2.00 bits per heavy atom. The molecular weight excluding hydrogens is 334 g/mol. The molecule has 1 aromatic carbocycles. The van der Waals surface area contributed by atoms with E-state index in [2.05, 4.69) is 40.7 Å². The number of imidazole rings is 1. The minimum Gasteiger partial charge on any atom is -0.353 e. The molecule has 1 aromatic heterocycles. The summed E-state index contributed by atoms with van der Waals surface area (Å²) in [5.74, 6) is 2.03. The lowest BCUT2D eigenvalue weighted by Crippen LogP contribution is -2.21. The van der Waals surface area contributed by atoms with Gasteiger partial charge in [-0.1, -0.05) is 57.2 Å². The molecule has 4 nitrogen and oxygen atoms in total. The van der Waals surface area contributed by atoms with Crippen LogP contribution in [0.4, 0.5) is 0 Å². The zero-order chi connectivity index (χ0) is 18.9. The average molecular weight is 368 g/mol. The molecular formula is C23H33N3O. The predicted molar refractivity (Wildman–Crippen MR) is 112 cm³/mol. The van der Waals surface area contributed by atoms with Gasteiger partial charge in [0.1, 0.15) is 5.82 Å². The van der Waals surface area contributed by atoms with Gasteiger partial charge in [-0.15, -0.1) is 0 Å². The molecule has 4 heteroatoms. The predicted octanol–water partition coefficient (Wildman–Crippen LogP) is 5.02. The monoisotopic (exact) mass is 367 g/mol. The summed E-state index contributed by atoms with van der Waals surface area (Å²) in [6, 6.07) is 8.53. The van der Waals surface area contributed by atoms with Crippen LogP contribution in [0.2, 0.25) is 0 Å². The highest BCUT2D eigenvalue weighted by molar-refractivity contribution is 5.86. The number of nitrogens with zero attached hydrogens (tertiary/aromatic N) is 2. The van der Waals surface area contributed by atoms with Crippen molar-refractivity contribution in [3.8, 4) is 0 Å². The number of rotatable bonds is 10. The number of aromatic nitrogens is 2. The number of para-hydroxylation sites is 2. The fraction of sp³-hybridized carbons (Fsp3) is 0.565. The summed E-state index contributed by atoms with van der Waals surface area (Å²) in [7, 11) is 0. The quantitative estimate of drug-likeness (QED) is 0.473. The van der Waals surface area contributed by atoms with Crippen LogP contribution in [0.3, 0.4) is 0 Å². The second-order valence-electron chi connectivity index (χ2n) is 7.77. The van der Waals surface area contributed by atoms with E-state index < -0.39 is 0 Å². The molecule has 27 heavy (non-hydrogen) atoms. The molecule has 1 aliphatic carbocycles. The Balaban J connectivity index is 1.55. The summed E-state index contributed by atoms with van der Waals surface area (Å²) in [6.45, 7) is 5.29. The Morgan fingerprint density at radius 3 is 2.81 bits per heavy atom. The van der Waals surface area contributed by atoms with Gasteiger partial charge in [0.05, 0.1) is 11.0 Å². The molecule has 1 saturated carbocycles. The molecule has 2 aromatic rings. The maximum absolute atomic E-state index is 11.2. The smallest absolute Gasteiger partial charge is 0.243 e. The van der Waals surface area contributed by atoms with Crippen LogP contribution in [0.25, 0.3) is 11.0 Å². The number of hydrogen-bond acceptors (Lipinski definition) is 2. The van der Waals surface area contributed by atoms with Crippen molar-refractivity contribution in [2.75, 3.05) is 6.54 Å². The number of carbonyl (C=O) groups excluding carboxylic acids is 1. The number of benzene rings is 1. The van der Waals surface area contributed by atoms with Crippen LogP contribution in [-0.2, 0) is 17.8 Å². The van der Waals surface area contributed by atoms with E-state index in [0.29, 0.717) is 0 Å². The minimum absolute atomic E-state index is 0.0838. The Morgan fingerprint density at radius 1 is 1.19 bits per heavy atom. The Kier molecular flexibility index (Phi) is 7.49. The first-order chi connectivity index (χ1) is 13.3. The Bertz CT molecular complexity index is 743. The van der Waals surface area contributed by atoms with Crippen LogP contribution in [0.15, 0.2) is 36.9 Å². The molecule has 0 aliphatic heterocycles. The molecule has 0 bridgehead atoms. The number of nitrogens with one attached hydrogen (secondary N) is 1. The summed E-state index contributed by atoms with van der Waals surface area (Å²) in [5, 5.41) is 2.84. The third kappa shape index (κ3) is 5.69. The summed E-state index contributed by atoms with van der Waals surface area (Å²) >= 11 is 0. The number of fused-ring (bicyclic) bond motifs is 1. The van der Waals surface area contributed by atoms with Crippen molar-refractivity contribution in [2.45, 2.75) is 70.8 Å². The van der Waals surface area contributed by atoms with Gasteiger partial charge in [-0.05, 0) is 43.4 Å². The highest BCUT2D eigenvalue weighted by atomic mass is 16.1. The number of hydrogen-bond donors (Lipinski definition) is 1. The molecule has 0 saturated heterocycles. The zero-order valence-electron chi connectivity index (χ0n) is 16.5. The van der Waals surface area contributed by atoms with Crippen molar-refractivity contribution < 1.29 is 4.79 Å². The number of carbonyl (C=O) groups is 1. The topological polar surface area (TPSA) is 46.9 Å². The van der Waals surface area contributed by atoms with Crippen molar-refractivity contribution in [3.05, 3.63) is 42.7 Å². The van der Waals surface area contributed by atoms with Gasteiger partial charge in [-0.3, -0.25) is 4.79 Å². The fourth-order valence-corrected chi connectivity index (χ4v) is 4.22. The van der Waals surface area contributed by atoms with Crippen LogP contribution in [-0.4, -0.2) is 22.0 Å². The SMILES string of the molecule is C=CC(=O)NCCCCCc1nc2ccccc2n1CCC1CCCCC1. The van der Waals surface area contributed by atoms with E-state index in [-0.39, 0.29) is 5.91 Å². The minimum atomic E-state index is -0.0838. The first kappa shape index (κ1) is 19.7. The molecule has 0 atom stereocenters. The van der Waals surface area contributed by atoms with E-state index in [1.165, 1.54) is 55.9 Å². The van der Waals surface area contributed by atoms with Crippen LogP contribution < -0.4 is 5.32 Å². The second-order valence-corrected chi connectivity index (χ2v) is 7.77. The van der Waals surface area contributed by atoms with Crippen molar-refractivity contribution in [1.29, 1.82) is 0 Å². The lowest BCUT2D eigenvalue weighted by atomic mass is 9.87. The van der Waals surface area contributed by atoms with E-state index >= 15 is 0 Å². The van der Waals surface area contributed by atoms with Crippen molar-refractivity contribution in [1.82, 2.24) is 14.9 Å². The number of aryl methyl sites for hydroxylation is 2. The van der Waals surface area contributed by atoms with Gasteiger partial charge in [-0.25, -0.2) is 4.98 Å². The lowest BCUT2D eigenvalue weighted by molar-refractivity contribution is -0.116. The third-order valence-electron chi connectivity index (χ3n) is 5.78. The van der Waals surface area contributed by atoms with Crippen LogP contribution in [0.5, 0.6) is 0 Å². The molecule has 3 rings (SSSR count). The summed E-state index contributed by atoms with van der Waals surface area (Å²) in [4.78, 5) is 16.1. The van der Waals surface area contributed by atoms with Crippen molar-refractivity contribution in [3.63, 3.8) is 0 Å². The molecule has 1 amide bonds. The third-order valence-corrected chi connectivity index (χ3v) is 5.78. The van der Waals surface area contributed by atoms with Crippen molar-refractivity contribution >= 4 is 16.9 Å². The van der Waals surface area contributed by atoms with Crippen LogP contribution in [0.1, 0.15) is 63.6 Å². The summed E-state index contributed by atoms with van der Waals surface area (Å²) in [5.41, 5.74) is 2.40. The van der Waals surface area contributed by atoms with Gasteiger partial charge in [-0.2, -0.15) is 0 Å². The van der Waals surface area contributed by atoms with Crippen LogP contribution >= 0.6 is 0 Å². The average Bonchev–Trinajstić information content (AvgIpc) is 3.07. The molecule has 0 radical (unpaired) electrons. The first-order valence-corrected chi connectivity index (χ1v) is 10.6. The Hall–Kier alpha value is -2.10. The largest absolute Gasteiger partial charge is 0.353 e. The molecule has 1 N–H and O–H groups in total. The lowest BCUT2D eigenvalue weighted by Gasteiger charge is -2.22. The maximum atomic E-state index is 11.2. The number of amides is 1. The summed E-state index contributed by atoms with van der Waals surface area (Å²) in [6.07, 6.45) is 13.9. The van der Waals surface area contributed by atoms with Gasteiger partial charge >= 0.3 is 0 Å². The van der Waals surface area contributed by atoms with E-state index in [0.717, 1.165) is 50.2 Å². The normalized spacial score (nSPS) is 15.1. The first-order valence-electron chi connectivity index (χ1n) is 10.6. The van der Waals surface area contributed by atoms with Gasteiger partial charge in [0, 0.05) is 19.5 Å². The maximum Gasteiger partial charge on any atom is 0.243 e.